The van der Waals surface area contributed by atoms with Crippen LogP contribution in [0.3, 0.4) is 0 Å². The molecule has 0 spiro atoms. The predicted molar refractivity (Wildman–Crippen MR) is 122 cm³/mol. The Morgan fingerprint density at radius 1 is 1.13 bits per heavy atom. The molecule has 2 N–H and O–H groups in total. The van der Waals surface area contributed by atoms with E-state index in [4.69, 9.17) is 27.9 Å². The number of rotatable bonds is 7. The molecular weight excluding hydrogens is 491 g/mol. The third-order valence-corrected chi connectivity index (χ3v) is 5.31. The summed E-state index contributed by atoms with van der Waals surface area (Å²) in [6, 6.07) is 19.2. The largest absolute Gasteiger partial charge is 0.488 e. The van der Waals surface area contributed by atoms with Gasteiger partial charge in [0.2, 0.25) is 0 Å². The quantitative estimate of drug-likeness (QED) is 0.327. The van der Waals surface area contributed by atoms with Crippen LogP contribution in [0.5, 0.6) is 5.75 Å². The van der Waals surface area contributed by atoms with Crippen LogP contribution >= 0.6 is 39.1 Å². The van der Waals surface area contributed by atoms with Crippen molar-refractivity contribution in [3.05, 3.63) is 97.9 Å². The summed E-state index contributed by atoms with van der Waals surface area (Å²) in [6.07, 6.45) is 0.186. The second-order valence-electron chi connectivity index (χ2n) is 6.26. The molecule has 5 nitrogen and oxygen atoms in total. The van der Waals surface area contributed by atoms with Gasteiger partial charge in [-0.1, -0.05) is 59.6 Å². The molecule has 0 aliphatic rings. The van der Waals surface area contributed by atoms with Crippen LogP contribution in [0.4, 0.5) is 0 Å². The molecule has 0 fully saturated rings. The van der Waals surface area contributed by atoms with Crippen LogP contribution in [0.15, 0.2) is 76.3 Å². The lowest BCUT2D eigenvalue weighted by atomic mass is 10.1. The summed E-state index contributed by atoms with van der Waals surface area (Å²) in [6.45, 7) is 0.287. The Bertz CT molecular complexity index is 1060. The number of halogens is 3. The lowest BCUT2D eigenvalue weighted by Gasteiger charge is -2.10. The highest BCUT2D eigenvalue weighted by molar-refractivity contribution is 9.10. The number of aliphatic hydroxyl groups excluding tert-OH is 1. The summed E-state index contributed by atoms with van der Waals surface area (Å²) in [5.74, 6) is 0.0121. The first-order valence-corrected chi connectivity index (χ1v) is 10.4. The van der Waals surface area contributed by atoms with Gasteiger partial charge in [-0.2, -0.15) is 5.10 Å². The van der Waals surface area contributed by atoms with E-state index in [0.29, 0.717) is 25.8 Å². The third-order valence-electron chi connectivity index (χ3n) is 4.11. The van der Waals surface area contributed by atoms with Gasteiger partial charge in [0.1, 0.15) is 12.4 Å². The normalized spacial score (nSPS) is 12.0. The van der Waals surface area contributed by atoms with E-state index in [1.54, 1.807) is 54.6 Å². The van der Waals surface area contributed by atoms with Crippen LogP contribution in [0.1, 0.15) is 22.8 Å². The summed E-state index contributed by atoms with van der Waals surface area (Å²) in [7, 11) is 0. The zero-order chi connectivity index (χ0) is 21.5. The van der Waals surface area contributed by atoms with E-state index < -0.39 is 12.0 Å². The van der Waals surface area contributed by atoms with Crippen molar-refractivity contribution in [2.24, 2.45) is 5.10 Å². The number of carbonyl (C=O) groups is 1. The second kappa shape index (κ2) is 10.6. The van der Waals surface area contributed by atoms with Crippen LogP contribution in [0.25, 0.3) is 0 Å². The molecule has 0 radical (unpaired) electrons. The Balaban J connectivity index is 1.57. The number of hydrogen-bond donors (Lipinski definition) is 2. The Hall–Kier alpha value is -2.38. The zero-order valence-corrected chi connectivity index (χ0v) is 18.7. The Labute approximate surface area is 192 Å². The Morgan fingerprint density at radius 2 is 1.90 bits per heavy atom. The number of ether oxygens (including phenoxy) is 1. The molecule has 8 heteroatoms. The number of nitrogens with one attached hydrogen (secondary N) is 1. The topological polar surface area (TPSA) is 70.9 Å². The maximum absolute atomic E-state index is 12.0. The van der Waals surface area contributed by atoms with Gasteiger partial charge in [0.05, 0.1) is 10.7 Å². The molecule has 30 heavy (non-hydrogen) atoms. The van der Waals surface area contributed by atoms with Crippen LogP contribution in [0.2, 0.25) is 10.0 Å². The minimum absolute atomic E-state index is 0.287. The van der Waals surface area contributed by atoms with Crippen LogP contribution in [-0.2, 0) is 11.4 Å². The third kappa shape index (κ3) is 6.06. The monoisotopic (exact) mass is 506 g/mol. The number of carbonyl (C=O) groups excluding carboxylic acids is 1. The van der Waals surface area contributed by atoms with Crippen LogP contribution < -0.4 is 10.2 Å². The van der Waals surface area contributed by atoms with E-state index in [1.165, 1.54) is 6.21 Å². The van der Waals surface area contributed by atoms with Gasteiger partial charge in [-0.05, 0) is 57.4 Å². The van der Waals surface area contributed by atoms with Crippen molar-refractivity contribution in [2.45, 2.75) is 12.7 Å². The average Bonchev–Trinajstić information content (AvgIpc) is 2.74. The fraction of sp³-hybridized carbons (Fsp3) is 0.0909. The summed E-state index contributed by atoms with van der Waals surface area (Å²) < 4.78 is 6.51. The number of hydrazone groups is 1. The Morgan fingerprint density at radius 3 is 2.60 bits per heavy atom. The Kier molecular flexibility index (Phi) is 7.87. The van der Waals surface area contributed by atoms with Crippen molar-refractivity contribution >= 4 is 51.3 Å². The van der Waals surface area contributed by atoms with E-state index in [2.05, 4.69) is 26.5 Å². The van der Waals surface area contributed by atoms with E-state index in [9.17, 15) is 9.90 Å². The van der Waals surface area contributed by atoms with Crippen molar-refractivity contribution in [1.82, 2.24) is 5.43 Å². The average molecular weight is 508 g/mol. The molecule has 0 aliphatic heterocycles. The van der Waals surface area contributed by atoms with Crippen molar-refractivity contribution in [2.75, 3.05) is 0 Å². The lowest BCUT2D eigenvalue weighted by Crippen LogP contribution is -2.25. The maximum Gasteiger partial charge on any atom is 0.273 e. The number of benzene rings is 3. The van der Waals surface area contributed by atoms with Gasteiger partial charge in [-0.3, -0.25) is 4.79 Å². The molecule has 0 unspecified atom stereocenters. The van der Waals surface area contributed by atoms with Crippen molar-refractivity contribution in [1.29, 1.82) is 0 Å². The minimum Gasteiger partial charge on any atom is -0.488 e. The molecule has 0 aromatic heterocycles. The first-order chi connectivity index (χ1) is 14.4. The molecule has 1 atom stereocenters. The van der Waals surface area contributed by atoms with Gasteiger partial charge in [0.25, 0.3) is 5.91 Å². The molecule has 1 amide bonds. The van der Waals surface area contributed by atoms with E-state index in [0.717, 1.165) is 11.1 Å². The molecule has 3 aromatic rings. The molecule has 154 valence electrons. The van der Waals surface area contributed by atoms with E-state index in [1.807, 2.05) is 12.1 Å². The highest BCUT2D eigenvalue weighted by Gasteiger charge is 2.16. The number of amides is 1. The van der Waals surface area contributed by atoms with Gasteiger partial charge >= 0.3 is 0 Å². The minimum atomic E-state index is -1.29. The van der Waals surface area contributed by atoms with Crippen LogP contribution in [0, 0.1) is 0 Å². The van der Waals surface area contributed by atoms with Gasteiger partial charge in [-0.25, -0.2) is 5.43 Å². The van der Waals surface area contributed by atoms with Crippen molar-refractivity contribution in [3.8, 4) is 5.75 Å². The van der Waals surface area contributed by atoms with Crippen molar-refractivity contribution in [3.63, 3.8) is 0 Å². The van der Waals surface area contributed by atoms with Gasteiger partial charge < -0.3 is 9.84 Å². The molecular formula is C22H17BrCl2N2O3. The highest BCUT2D eigenvalue weighted by atomic mass is 79.9. The molecule has 3 aromatic carbocycles. The first kappa shape index (κ1) is 22.3. The maximum atomic E-state index is 12.0. The van der Waals surface area contributed by atoms with Gasteiger partial charge in [-0.15, -0.1) is 0 Å². The van der Waals surface area contributed by atoms with E-state index in [-0.39, 0.29) is 6.61 Å². The summed E-state index contributed by atoms with van der Waals surface area (Å²) in [5.41, 5.74) is 4.37. The molecule has 0 heterocycles. The van der Waals surface area contributed by atoms with Gasteiger partial charge in [0.15, 0.2) is 6.10 Å². The lowest BCUT2D eigenvalue weighted by molar-refractivity contribution is -0.129. The molecule has 3 rings (SSSR count). The zero-order valence-electron chi connectivity index (χ0n) is 15.6. The van der Waals surface area contributed by atoms with E-state index >= 15 is 0 Å². The van der Waals surface area contributed by atoms with Crippen LogP contribution in [-0.4, -0.2) is 17.2 Å². The molecule has 0 saturated carbocycles. The van der Waals surface area contributed by atoms with Gasteiger partial charge in [0, 0.05) is 15.6 Å². The summed E-state index contributed by atoms with van der Waals surface area (Å²) in [4.78, 5) is 12.0. The SMILES string of the molecule is O=C(N/N=C\c1ccc(OCc2ccc(Cl)cc2Cl)c(Br)c1)[C@@H](O)c1ccccc1. The molecule has 0 aliphatic carbocycles. The molecule has 0 saturated heterocycles. The smallest absolute Gasteiger partial charge is 0.273 e. The predicted octanol–water partition coefficient (Wildman–Crippen LogP) is 5.52. The number of nitrogens with zero attached hydrogens (tertiary/aromatic N) is 1. The van der Waals surface area contributed by atoms with Crippen molar-refractivity contribution < 1.29 is 14.6 Å². The first-order valence-electron chi connectivity index (χ1n) is 8.86. The fourth-order valence-corrected chi connectivity index (χ4v) is 3.50. The number of aliphatic hydroxyl groups is 1. The summed E-state index contributed by atoms with van der Waals surface area (Å²) in [5, 5.41) is 15.0. The standard InChI is InChI=1S/C22H17BrCl2N2O3/c23-18-10-14(12-26-27-22(29)21(28)15-4-2-1-3-5-15)6-9-20(18)30-13-16-7-8-17(24)11-19(16)25/h1-12,21,28H,13H2,(H,27,29)/b26-12-/t21-/m0/s1. The highest BCUT2D eigenvalue weighted by Crippen LogP contribution is 2.28. The summed E-state index contributed by atoms with van der Waals surface area (Å²) >= 11 is 15.5. The number of hydrogen-bond acceptors (Lipinski definition) is 4. The fourth-order valence-electron chi connectivity index (χ4n) is 2.53. The molecule has 0 bridgehead atoms. The second-order valence-corrected chi connectivity index (χ2v) is 7.96.